The Kier molecular flexibility index (Phi) is 7.31. The third-order valence-corrected chi connectivity index (χ3v) is 5.56. The highest BCUT2D eigenvalue weighted by Gasteiger charge is 2.25. The summed E-state index contributed by atoms with van der Waals surface area (Å²) < 4.78 is 35.3. The zero-order valence-corrected chi connectivity index (χ0v) is 16.9. The zero-order chi connectivity index (χ0) is 21.6. The number of amides is 2. The van der Waals surface area contributed by atoms with Crippen LogP contribution >= 0.6 is 0 Å². The number of urea groups is 1. The molecular formula is C17H21N3O8S. The van der Waals surface area contributed by atoms with Crippen LogP contribution < -0.4 is 10.6 Å². The summed E-state index contributed by atoms with van der Waals surface area (Å²) >= 11 is 0. The second-order valence-electron chi connectivity index (χ2n) is 5.69. The van der Waals surface area contributed by atoms with Crippen LogP contribution in [0, 0.1) is 0 Å². The van der Waals surface area contributed by atoms with Gasteiger partial charge in [0, 0.05) is 7.05 Å². The second kappa shape index (κ2) is 9.49. The van der Waals surface area contributed by atoms with E-state index in [0.29, 0.717) is 4.47 Å². The molecule has 1 heterocycles. The van der Waals surface area contributed by atoms with Gasteiger partial charge in [0.2, 0.25) is 0 Å². The molecule has 0 bridgehead atoms. The molecule has 0 saturated carbocycles. The van der Waals surface area contributed by atoms with E-state index in [-0.39, 0.29) is 34.9 Å². The number of hydrogen-bond donors (Lipinski definition) is 2. The van der Waals surface area contributed by atoms with Gasteiger partial charge in [-0.15, -0.1) is 0 Å². The number of nitrogens with zero attached hydrogens (tertiary/aromatic N) is 1. The number of nitrogens with one attached hydrogen (secondary N) is 2. The lowest BCUT2D eigenvalue weighted by molar-refractivity contribution is -0.138. The molecule has 0 fully saturated rings. The molecule has 0 atom stereocenters. The fourth-order valence-corrected chi connectivity index (χ4v) is 3.34. The van der Waals surface area contributed by atoms with E-state index >= 15 is 0 Å². The smallest absolute Gasteiger partial charge is 0.338 e. The summed E-state index contributed by atoms with van der Waals surface area (Å²) in [6.07, 6.45) is 0. The molecule has 2 amide bonds. The number of sulfonamides is 1. The van der Waals surface area contributed by atoms with Gasteiger partial charge in [0.05, 0.1) is 42.0 Å². The van der Waals surface area contributed by atoms with E-state index in [0.717, 1.165) is 6.07 Å². The van der Waals surface area contributed by atoms with Crippen LogP contribution in [0.15, 0.2) is 40.4 Å². The number of ether oxygens (including phenoxy) is 2. The Balaban J connectivity index is 2.19. The molecule has 29 heavy (non-hydrogen) atoms. The van der Waals surface area contributed by atoms with Crippen molar-refractivity contribution in [3.05, 3.63) is 41.1 Å². The first-order valence-electron chi connectivity index (χ1n) is 8.45. The third-order valence-electron chi connectivity index (χ3n) is 3.89. The highest BCUT2D eigenvalue weighted by Crippen LogP contribution is 2.17. The van der Waals surface area contributed by atoms with Crippen LogP contribution in [0.1, 0.15) is 17.3 Å². The number of carbonyl (C=O) groups is 3. The summed E-state index contributed by atoms with van der Waals surface area (Å²) in [4.78, 5) is 40.4. The van der Waals surface area contributed by atoms with Crippen LogP contribution in [-0.4, -0.2) is 64.8 Å². The van der Waals surface area contributed by atoms with Crippen molar-refractivity contribution in [3.8, 4) is 0 Å². The largest absolute Gasteiger partial charge is 0.463 e. The summed E-state index contributed by atoms with van der Waals surface area (Å²) in [5.41, 5.74) is 0.176. The van der Waals surface area contributed by atoms with E-state index in [4.69, 9.17) is 14.3 Å². The lowest BCUT2D eigenvalue weighted by Gasteiger charge is -2.21. The quantitative estimate of drug-likeness (QED) is 0.441. The predicted octanol–water partition coefficient (Wildman–Crippen LogP) is 0.155. The van der Waals surface area contributed by atoms with Gasteiger partial charge in [-0.3, -0.25) is 4.84 Å². The Labute approximate surface area is 167 Å². The van der Waals surface area contributed by atoms with Gasteiger partial charge in [0.25, 0.3) is 10.0 Å². The Bertz CT molecular complexity index is 942. The van der Waals surface area contributed by atoms with Gasteiger partial charge in [-0.2, -0.15) is 0 Å². The molecule has 12 heteroatoms. The zero-order valence-electron chi connectivity index (χ0n) is 16.1. The molecule has 0 aliphatic carbocycles. The van der Waals surface area contributed by atoms with Crippen molar-refractivity contribution in [3.63, 3.8) is 0 Å². The fourth-order valence-electron chi connectivity index (χ4n) is 2.32. The molecule has 158 valence electrons. The number of hydroxylamine groups is 1. The van der Waals surface area contributed by atoms with Crippen LogP contribution in [0.5, 0.6) is 0 Å². The van der Waals surface area contributed by atoms with E-state index in [1.807, 2.05) is 0 Å². The minimum Gasteiger partial charge on any atom is -0.463 e. The number of benzene rings is 1. The van der Waals surface area contributed by atoms with Crippen molar-refractivity contribution in [2.75, 3.05) is 33.9 Å². The number of carbonyl (C=O) groups excluding carboxylic acids is 3. The van der Waals surface area contributed by atoms with E-state index in [2.05, 4.69) is 10.6 Å². The van der Waals surface area contributed by atoms with Crippen molar-refractivity contribution >= 4 is 28.0 Å². The number of esters is 2. The lowest BCUT2D eigenvalue weighted by atomic mass is 10.1. The summed E-state index contributed by atoms with van der Waals surface area (Å²) in [5, 5.41) is 4.83. The molecule has 1 aromatic carbocycles. The Hall–Kier alpha value is -2.96. The first kappa shape index (κ1) is 22.3. The summed E-state index contributed by atoms with van der Waals surface area (Å²) in [7, 11) is -1.54. The summed E-state index contributed by atoms with van der Waals surface area (Å²) in [6.45, 7) is 1.29. The molecule has 0 aromatic heterocycles. The standard InChI is InChI=1S/C17H21N3O8S/c1-4-27-16(22)13-9-18-17(23)19-14(13)10-28-15(21)11-6-5-7-12(8-11)29(24,25)20(2)26-3/h5-8H,4,9-10H2,1-3H3,(H2,18,19,23). The third kappa shape index (κ3) is 5.31. The van der Waals surface area contributed by atoms with Crippen molar-refractivity contribution in [2.24, 2.45) is 0 Å². The van der Waals surface area contributed by atoms with Crippen LogP contribution in [0.2, 0.25) is 0 Å². The van der Waals surface area contributed by atoms with Crippen LogP contribution in [0.3, 0.4) is 0 Å². The summed E-state index contributed by atoms with van der Waals surface area (Å²) in [6, 6.07) is 4.63. The van der Waals surface area contributed by atoms with Gasteiger partial charge < -0.3 is 20.1 Å². The van der Waals surface area contributed by atoms with Crippen LogP contribution in [-0.2, 0) is 29.1 Å². The minimum absolute atomic E-state index is 0.0332. The van der Waals surface area contributed by atoms with Gasteiger partial charge in [0.15, 0.2) is 0 Å². The Morgan fingerprint density at radius 1 is 1.21 bits per heavy atom. The fraction of sp³-hybridized carbons (Fsp3) is 0.353. The van der Waals surface area contributed by atoms with Crippen molar-refractivity contribution in [2.45, 2.75) is 11.8 Å². The maximum absolute atomic E-state index is 12.4. The lowest BCUT2D eigenvalue weighted by Crippen LogP contribution is -2.45. The maximum atomic E-state index is 12.4. The molecule has 1 aliphatic heterocycles. The van der Waals surface area contributed by atoms with E-state index in [1.54, 1.807) is 6.92 Å². The Morgan fingerprint density at radius 2 is 1.93 bits per heavy atom. The Morgan fingerprint density at radius 3 is 2.59 bits per heavy atom. The van der Waals surface area contributed by atoms with Crippen molar-refractivity contribution < 1.29 is 37.1 Å². The van der Waals surface area contributed by atoms with Gasteiger partial charge in [0.1, 0.15) is 6.61 Å². The molecule has 0 spiro atoms. The highest BCUT2D eigenvalue weighted by molar-refractivity contribution is 7.89. The molecule has 1 aliphatic rings. The highest BCUT2D eigenvalue weighted by atomic mass is 32.2. The first-order valence-corrected chi connectivity index (χ1v) is 9.89. The molecule has 0 unspecified atom stereocenters. The monoisotopic (exact) mass is 427 g/mol. The average Bonchev–Trinajstić information content (AvgIpc) is 2.71. The van der Waals surface area contributed by atoms with Crippen molar-refractivity contribution in [1.29, 1.82) is 0 Å². The molecule has 11 nitrogen and oxygen atoms in total. The van der Waals surface area contributed by atoms with E-state index in [9.17, 15) is 22.8 Å². The SMILES string of the molecule is CCOC(=O)C1=C(COC(=O)c2cccc(S(=O)(=O)N(C)OC)c2)NC(=O)NC1. The van der Waals surface area contributed by atoms with Crippen molar-refractivity contribution in [1.82, 2.24) is 15.1 Å². The maximum Gasteiger partial charge on any atom is 0.338 e. The topological polar surface area (TPSA) is 140 Å². The van der Waals surface area contributed by atoms with Crippen LogP contribution in [0.25, 0.3) is 0 Å². The van der Waals surface area contributed by atoms with Gasteiger partial charge in [-0.25, -0.2) is 22.8 Å². The summed E-state index contributed by atoms with van der Waals surface area (Å²) in [5.74, 6) is -1.49. The minimum atomic E-state index is -3.95. The first-order chi connectivity index (χ1) is 13.7. The van der Waals surface area contributed by atoms with Crippen LogP contribution in [0.4, 0.5) is 4.79 Å². The number of rotatable bonds is 8. The average molecular weight is 427 g/mol. The van der Waals surface area contributed by atoms with Gasteiger partial charge >= 0.3 is 18.0 Å². The predicted molar refractivity (Wildman–Crippen MR) is 98.9 cm³/mol. The molecule has 2 rings (SSSR count). The van der Waals surface area contributed by atoms with E-state index in [1.165, 1.54) is 32.4 Å². The number of hydrogen-bond acceptors (Lipinski definition) is 8. The van der Waals surface area contributed by atoms with E-state index < -0.39 is 34.6 Å². The molecule has 1 aromatic rings. The second-order valence-corrected chi connectivity index (χ2v) is 7.62. The van der Waals surface area contributed by atoms with Gasteiger partial charge in [-0.05, 0) is 25.1 Å². The molecule has 0 saturated heterocycles. The normalized spacial score (nSPS) is 14.3. The van der Waals surface area contributed by atoms with Gasteiger partial charge in [-0.1, -0.05) is 10.5 Å². The molecule has 0 radical (unpaired) electrons. The molecule has 2 N–H and O–H groups in total. The molecular weight excluding hydrogens is 406 g/mol.